The Morgan fingerprint density at radius 2 is 2.03 bits per heavy atom. The lowest BCUT2D eigenvalue weighted by Gasteiger charge is -2.33. The van der Waals surface area contributed by atoms with Gasteiger partial charge in [0, 0.05) is 22.3 Å². The monoisotopic (exact) mass is 474 g/mol. The Morgan fingerprint density at radius 1 is 1.25 bits per heavy atom. The van der Waals surface area contributed by atoms with Gasteiger partial charge in [-0.25, -0.2) is 4.99 Å². The van der Waals surface area contributed by atoms with Crippen LogP contribution in [0.5, 0.6) is 11.5 Å². The average molecular weight is 475 g/mol. The minimum atomic E-state index is -0.511. The lowest BCUT2D eigenvalue weighted by Crippen LogP contribution is -2.49. The van der Waals surface area contributed by atoms with Crippen LogP contribution < -0.4 is 14.4 Å². The Kier molecular flexibility index (Phi) is 6.03. The maximum absolute atomic E-state index is 13.2. The largest absolute Gasteiger partial charge is 0.493 e. The van der Waals surface area contributed by atoms with Gasteiger partial charge in [0.2, 0.25) is 5.91 Å². The Morgan fingerprint density at radius 3 is 2.75 bits per heavy atom. The van der Waals surface area contributed by atoms with Crippen LogP contribution in [0.2, 0.25) is 5.02 Å². The molecule has 2 unspecified atom stereocenters. The Balaban J connectivity index is 1.29. The number of aliphatic hydroxyl groups is 1. The molecule has 3 aliphatic rings. The molecule has 1 saturated heterocycles. The summed E-state index contributed by atoms with van der Waals surface area (Å²) in [5, 5.41) is 11.0. The highest BCUT2D eigenvalue weighted by Gasteiger charge is 2.43. The number of thioether (sulfide) groups is 1. The van der Waals surface area contributed by atoms with Gasteiger partial charge in [-0.3, -0.25) is 9.69 Å². The van der Waals surface area contributed by atoms with Crippen LogP contribution in [0.1, 0.15) is 18.4 Å². The summed E-state index contributed by atoms with van der Waals surface area (Å²) in [5.74, 6) is 1.29. The van der Waals surface area contributed by atoms with Crippen LogP contribution >= 0.6 is 23.4 Å². The maximum atomic E-state index is 13.2. The first-order chi connectivity index (χ1) is 15.5. The van der Waals surface area contributed by atoms with Crippen molar-refractivity contribution < 1.29 is 24.1 Å². The Labute approximate surface area is 195 Å². The highest BCUT2D eigenvalue weighted by Crippen LogP contribution is 2.39. The highest BCUT2D eigenvalue weighted by molar-refractivity contribution is 8.15. The molecule has 1 saturated carbocycles. The van der Waals surface area contributed by atoms with Gasteiger partial charge < -0.3 is 19.3 Å². The van der Waals surface area contributed by atoms with Crippen molar-refractivity contribution in [3.8, 4) is 11.5 Å². The van der Waals surface area contributed by atoms with Gasteiger partial charge >= 0.3 is 0 Å². The molecule has 7 nitrogen and oxygen atoms in total. The number of carbonyl (C=O) groups is 1. The predicted molar refractivity (Wildman–Crippen MR) is 124 cm³/mol. The molecular weight excluding hydrogens is 452 g/mol. The molecule has 168 valence electrons. The number of halogens is 1. The normalized spacial score (nSPS) is 23.5. The first-order valence-electron chi connectivity index (χ1n) is 10.5. The van der Waals surface area contributed by atoms with Gasteiger partial charge in [-0.1, -0.05) is 35.5 Å². The van der Waals surface area contributed by atoms with E-state index in [-0.39, 0.29) is 19.2 Å². The molecule has 32 heavy (non-hydrogen) atoms. The summed E-state index contributed by atoms with van der Waals surface area (Å²) < 4.78 is 17.1. The van der Waals surface area contributed by atoms with E-state index in [4.69, 9.17) is 25.8 Å². The molecule has 0 aromatic heterocycles. The molecule has 2 aromatic carbocycles. The zero-order valence-electron chi connectivity index (χ0n) is 17.4. The third-order valence-corrected chi connectivity index (χ3v) is 7.26. The summed E-state index contributed by atoms with van der Waals surface area (Å²) in [4.78, 5) is 19.4. The van der Waals surface area contributed by atoms with Gasteiger partial charge in [-0.15, -0.1) is 0 Å². The average Bonchev–Trinajstić information content (AvgIpc) is 3.57. The van der Waals surface area contributed by atoms with E-state index in [0.717, 1.165) is 23.4 Å². The van der Waals surface area contributed by atoms with Crippen LogP contribution in [-0.2, 0) is 9.53 Å². The van der Waals surface area contributed by atoms with Crippen LogP contribution in [0.4, 0.5) is 5.69 Å². The number of anilines is 1. The number of rotatable bonds is 7. The highest BCUT2D eigenvalue weighted by atomic mass is 35.5. The van der Waals surface area contributed by atoms with Crippen molar-refractivity contribution >= 4 is 40.0 Å². The van der Waals surface area contributed by atoms with Crippen LogP contribution in [0.15, 0.2) is 47.5 Å². The lowest BCUT2D eigenvalue weighted by atomic mass is 10.2. The molecule has 5 rings (SSSR count). The number of aliphatic imine (C=N–C) groups is 1. The van der Waals surface area contributed by atoms with Gasteiger partial charge in [0.1, 0.15) is 23.6 Å². The van der Waals surface area contributed by atoms with Crippen molar-refractivity contribution in [1.82, 2.24) is 0 Å². The van der Waals surface area contributed by atoms with E-state index in [1.807, 2.05) is 12.1 Å². The predicted octanol–water partition coefficient (Wildman–Crippen LogP) is 3.71. The molecule has 3 atom stereocenters. The Bertz CT molecular complexity index is 1040. The number of benzene rings is 2. The Hall–Kier alpha value is -2.26. The van der Waals surface area contributed by atoms with Crippen molar-refractivity contribution in [1.29, 1.82) is 0 Å². The minimum Gasteiger partial charge on any atom is -0.493 e. The first-order valence-corrected chi connectivity index (χ1v) is 11.7. The smallest absolute Gasteiger partial charge is 0.247 e. The van der Waals surface area contributed by atoms with Gasteiger partial charge in [0.25, 0.3) is 0 Å². The van der Waals surface area contributed by atoms with Gasteiger partial charge in [-0.05, 0) is 43.0 Å². The standard InChI is InChI=1S/C23H23ClN2O5S/c1-29-19-10-16(8-9-18(19)30-11-17(27)13-2-3-13)26-12-31-21-20(23(26)28)32-22(25-21)14-4-6-15(24)7-5-14/h4-10,13,17,20-21,27H,2-3,11-12H2,1H3/t17-,20?,21?/m0/s1. The second kappa shape index (κ2) is 8.94. The summed E-state index contributed by atoms with van der Waals surface area (Å²) in [5.41, 5.74) is 1.56. The van der Waals surface area contributed by atoms with E-state index in [1.54, 1.807) is 42.3 Å². The minimum absolute atomic E-state index is 0.0705. The van der Waals surface area contributed by atoms with E-state index >= 15 is 0 Å². The number of hydrogen-bond donors (Lipinski definition) is 1. The van der Waals surface area contributed by atoms with Crippen molar-refractivity contribution in [2.24, 2.45) is 10.9 Å². The molecule has 2 fully saturated rings. The van der Waals surface area contributed by atoms with Crippen molar-refractivity contribution in [3.63, 3.8) is 0 Å². The van der Waals surface area contributed by atoms with Crippen LogP contribution in [0.25, 0.3) is 0 Å². The summed E-state index contributed by atoms with van der Waals surface area (Å²) >= 11 is 7.37. The number of nitrogens with zero attached hydrogens (tertiary/aromatic N) is 2. The fourth-order valence-corrected chi connectivity index (χ4v) is 5.02. The molecule has 9 heteroatoms. The number of aliphatic hydroxyl groups excluding tert-OH is 1. The second-order valence-corrected chi connectivity index (χ2v) is 9.55. The van der Waals surface area contributed by atoms with E-state index < -0.39 is 17.6 Å². The van der Waals surface area contributed by atoms with E-state index in [0.29, 0.717) is 28.1 Å². The lowest BCUT2D eigenvalue weighted by molar-refractivity contribution is -0.126. The fraction of sp³-hybridized carbons (Fsp3) is 0.391. The third-order valence-electron chi connectivity index (χ3n) is 5.75. The number of amides is 1. The number of fused-ring (bicyclic) bond motifs is 1. The van der Waals surface area contributed by atoms with Crippen molar-refractivity contribution in [2.75, 3.05) is 25.3 Å². The van der Waals surface area contributed by atoms with E-state index in [1.165, 1.54) is 11.8 Å². The van der Waals surface area contributed by atoms with Crippen molar-refractivity contribution in [2.45, 2.75) is 30.4 Å². The number of carbonyl (C=O) groups excluding carboxylic acids is 1. The van der Waals surface area contributed by atoms with E-state index in [9.17, 15) is 9.90 Å². The van der Waals surface area contributed by atoms with Crippen LogP contribution in [0.3, 0.4) is 0 Å². The molecule has 0 radical (unpaired) electrons. The van der Waals surface area contributed by atoms with Crippen molar-refractivity contribution in [3.05, 3.63) is 53.1 Å². The summed E-state index contributed by atoms with van der Waals surface area (Å²) in [6, 6.07) is 12.7. The SMILES string of the molecule is COc1cc(N2COC3N=C(c4ccc(Cl)cc4)SC3C2=O)ccc1OC[C@H](O)C1CC1. The molecule has 0 spiro atoms. The van der Waals surface area contributed by atoms with Gasteiger partial charge in [0.05, 0.1) is 13.2 Å². The van der Waals surface area contributed by atoms with E-state index in [2.05, 4.69) is 4.99 Å². The molecule has 1 aliphatic carbocycles. The molecule has 1 N–H and O–H groups in total. The second-order valence-electron chi connectivity index (χ2n) is 7.98. The quantitative estimate of drug-likeness (QED) is 0.659. The van der Waals surface area contributed by atoms with Gasteiger partial charge in [0.15, 0.2) is 17.7 Å². The molecule has 2 aliphatic heterocycles. The summed E-state index contributed by atoms with van der Waals surface area (Å²) in [6.45, 7) is 0.318. The van der Waals surface area contributed by atoms with Gasteiger partial charge in [-0.2, -0.15) is 0 Å². The molecular formula is C23H23ClN2O5S. The molecule has 2 aromatic rings. The van der Waals surface area contributed by atoms with Crippen LogP contribution in [0, 0.1) is 5.92 Å². The molecule has 1 amide bonds. The molecule has 2 heterocycles. The first kappa shape index (κ1) is 21.6. The summed E-state index contributed by atoms with van der Waals surface area (Å²) in [7, 11) is 1.55. The van der Waals surface area contributed by atoms with Crippen LogP contribution in [-0.4, -0.2) is 54.1 Å². The zero-order chi connectivity index (χ0) is 22.2. The molecule has 0 bridgehead atoms. The fourth-order valence-electron chi connectivity index (χ4n) is 3.73. The number of methoxy groups -OCH3 is 1. The number of ether oxygens (including phenoxy) is 3. The number of hydrogen-bond acceptors (Lipinski definition) is 7. The topological polar surface area (TPSA) is 80.6 Å². The third kappa shape index (κ3) is 4.32. The summed E-state index contributed by atoms with van der Waals surface area (Å²) in [6.07, 6.45) is 1.10. The zero-order valence-corrected chi connectivity index (χ0v) is 19.0. The maximum Gasteiger partial charge on any atom is 0.247 e.